The van der Waals surface area contributed by atoms with E-state index in [2.05, 4.69) is 10.0 Å². The molecule has 0 heterocycles. The van der Waals surface area contributed by atoms with Gasteiger partial charge in [-0.2, -0.15) is 0 Å². The monoisotopic (exact) mass is 410 g/mol. The minimum absolute atomic E-state index is 0.295. The van der Waals surface area contributed by atoms with E-state index in [-0.39, 0.29) is 5.91 Å². The van der Waals surface area contributed by atoms with E-state index in [4.69, 9.17) is 4.74 Å². The van der Waals surface area contributed by atoms with Crippen molar-refractivity contribution in [3.05, 3.63) is 89.5 Å². The molecule has 150 valence electrons. The lowest BCUT2D eigenvalue weighted by molar-refractivity contribution is 0.0951. The molecule has 0 spiro atoms. The minimum Gasteiger partial charge on any atom is -0.457 e. The Morgan fingerprint density at radius 1 is 0.931 bits per heavy atom. The van der Waals surface area contributed by atoms with Gasteiger partial charge in [0.2, 0.25) is 10.0 Å². The summed E-state index contributed by atoms with van der Waals surface area (Å²) in [4.78, 5) is 12.5. The number of para-hydroxylation sites is 1. The number of amides is 1. The lowest BCUT2D eigenvalue weighted by Gasteiger charge is -2.11. The van der Waals surface area contributed by atoms with Crippen molar-refractivity contribution in [1.82, 2.24) is 5.32 Å². The average molecular weight is 410 g/mol. The van der Waals surface area contributed by atoms with Gasteiger partial charge < -0.3 is 10.1 Å². The summed E-state index contributed by atoms with van der Waals surface area (Å²) in [6.45, 7) is 2.08. The topological polar surface area (TPSA) is 84.5 Å². The van der Waals surface area contributed by atoms with Crippen LogP contribution in [0.1, 0.15) is 21.5 Å². The van der Waals surface area contributed by atoms with Crippen LogP contribution in [0.3, 0.4) is 0 Å². The summed E-state index contributed by atoms with van der Waals surface area (Å²) in [7, 11) is -3.42. The average Bonchev–Trinajstić information content (AvgIpc) is 2.68. The zero-order valence-electron chi connectivity index (χ0n) is 16.2. The summed E-state index contributed by atoms with van der Waals surface area (Å²) in [6.07, 6.45) is 1.07. The van der Waals surface area contributed by atoms with Gasteiger partial charge in [-0.05, 0) is 54.4 Å². The van der Waals surface area contributed by atoms with Crippen LogP contribution < -0.4 is 14.8 Å². The van der Waals surface area contributed by atoms with Crippen LogP contribution in [0, 0.1) is 6.92 Å². The Morgan fingerprint density at radius 3 is 2.38 bits per heavy atom. The van der Waals surface area contributed by atoms with Gasteiger partial charge in [-0.1, -0.05) is 36.4 Å². The van der Waals surface area contributed by atoms with Crippen LogP contribution >= 0.6 is 0 Å². The first-order valence-electron chi connectivity index (χ1n) is 8.99. The molecule has 0 radical (unpaired) electrons. The predicted molar refractivity (Wildman–Crippen MR) is 114 cm³/mol. The molecule has 0 aliphatic rings. The summed E-state index contributed by atoms with van der Waals surface area (Å²) in [6, 6.07) is 21.8. The third-order valence-corrected chi connectivity index (χ3v) is 4.72. The highest BCUT2D eigenvalue weighted by atomic mass is 32.2. The predicted octanol–water partition coefficient (Wildman–Crippen LogP) is 4.09. The minimum atomic E-state index is -3.42. The molecule has 0 saturated heterocycles. The van der Waals surface area contributed by atoms with Gasteiger partial charge in [0, 0.05) is 12.1 Å². The van der Waals surface area contributed by atoms with E-state index in [9.17, 15) is 13.2 Å². The fraction of sp³-hybridized carbons (Fsp3) is 0.136. The molecule has 0 aliphatic heterocycles. The Morgan fingerprint density at radius 2 is 1.66 bits per heavy atom. The summed E-state index contributed by atoms with van der Waals surface area (Å²) in [5, 5.41) is 2.84. The van der Waals surface area contributed by atoms with Gasteiger partial charge in [0.05, 0.1) is 11.9 Å². The first-order valence-corrected chi connectivity index (χ1v) is 10.9. The fourth-order valence-electron chi connectivity index (χ4n) is 2.70. The zero-order valence-corrected chi connectivity index (χ0v) is 17.0. The molecule has 0 atom stereocenters. The molecule has 1 amide bonds. The molecule has 3 aromatic carbocycles. The second-order valence-corrected chi connectivity index (χ2v) is 8.40. The summed E-state index contributed by atoms with van der Waals surface area (Å²) in [5.74, 6) is 1.12. The SMILES string of the molecule is Cc1ccc(C(=O)NCc2cccc(Oc3ccccc3)c2)cc1NS(C)(=O)=O. The Balaban J connectivity index is 1.66. The number of carbonyl (C=O) groups excluding carboxylic acids is 1. The molecule has 0 aliphatic carbocycles. The van der Waals surface area contributed by atoms with Gasteiger partial charge in [0.25, 0.3) is 5.91 Å². The van der Waals surface area contributed by atoms with E-state index < -0.39 is 10.0 Å². The molecular weight excluding hydrogens is 388 g/mol. The van der Waals surface area contributed by atoms with Crippen LogP contribution in [0.5, 0.6) is 11.5 Å². The first kappa shape index (κ1) is 20.4. The highest BCUT2D eigenvalue weighted by Gasteiger charge is 2.11. The van der Waals surface area contributed by atoms with Crippen LogP contribution in [0.4, 0.5) is 5.69 Å². The lowest BCUT2D eigenvalue weighted by atomic mass is 10.1. The smallest absolute Gasteiger partial charge is 0.251 e. The molecule has 3 rings (SSSR count). The molecule has 3 aromatic rings. The van der Waals surface area contributed by atoms with Crippen LogP contribution in [0.15, 0.2) is 72.8 Å². The van der Waals surface area contributed by atoms with Gasteiger partial charge in [-0.25, -0.2) is 8.42 Å². The number of anilines is 1. The number of nitrogens with one attached hydrogen (secondary N) is 2. The molecule has 0 bridgehead atoms. The maximum atomic E-state index is 12.5. The summed E-state index contributed by atoms with van der Waals surface area (Å²) >= 11 is 0. The second-order valence-electron chi connectivity index (χ2n) is 6.65. The number of hydrogen-bond acceptors (Lipinski definition) is 4. The molecule has 0 fully saturated rings. The van der Waals surface area contributed by atoms with Crippen LogP contribution in [0.25, 0.3) is 0 Å². The van der Waals surface area contributed by atoms with E-state index in [1.165, 1.54) is 6.07 Å². The Kier molecular flexibility index (Phi) is 6.19. The quantitative estimate of drug-likeness (QED) is 0.614. The maximum absolute atomic E-state index is 12.5. The number of rotatable bonds is 7. The molecule has 0 aromatic heterocycles. The van der Waals surface area contributed by atoms with Gasteiger partial charge in [-0.3, -0.25) is 9.52 Å². The van der Waals surface area contributed by atoms with Gasteiger partial charge in [0.1, 0.15) is 11.5 Å². The molecule has 0 unspecified atom stereocenters. The standard InChI is InChI=1S/C22H22N2O4S/c1-16-11-12-18(14-21(16)24-29(2,26)27)22(25)23-15-17-7-6-10-20(13-17)28-19-8-4-3-5-9-19/h3-14,24H,15H2,1-2H3,(H,23,25). The Bertz CT molecular complexity index is 1110. The molecule has 7 heteroatoms. The summed E-state index contributed by atoms with van der Waals surface area (Å²) in [5.41, 5.74) is 2.38. The van der Waals surface area contributed by atoms with Crippen molar-refractivity contribution in [3.8, 4) is 11.5 Å². The van der Waals surface area contributed by atoms with E-state index in [1.807, 2.05) is 54.6 Å². The third kappa shape index (κ3) is 6.08. The van der Waals surface area contributed by atoms with Crippen molar-refractivity contribution in [3.63, 3.8) is 0 Å². The first-order chi connectivity index (χ1) is 13.8. The number of sulfonamides is 1. The Hall–Kier alpha value is -3.32. The highest BCUT2D eigenvalue weighted by molar-refractivity contribution is 7.92. The van der Waals surface area contributed by atoms with E-state index in [1.54, 1.807) is 19.1 Å². The van der Waals surface area contributed by atoms with E-state index >= 15 is 0 Å². The summed E-state index contributed by atoms with van der Waals surface area (Å²) < 4.78 is 31.2. The molecule has 2 N–H and O–H groups in total. The normalized spacial score (nSPS) is 11.0. The van der Waals surface area contributed by atoms with Gasteiger partial charge in [-0.15, -0.1) is 0 Å². The second kappa shape index (κ2) is 8.79. The van der Waals surface area contributed by atoms with Crippen molar-refractivity contribution < 1.29 is 17.9 Å². The van der Waals surface area contributed by atoms with Crippen molar-refractivity contribution in [2.75, 3.05) is 11.0 Å². The number of carbonyl (C=O) groups is 1. The fourth-order valence-corrected chi connectivity index (χ4v) is 3.32. The molecule has 0 saturated carbocycles. The number of ether oxygens (including phenoxy) is 1. The Labute approximate surface area is 170 Å². The molecular formula is C22H22N2O4S. The lowest BCUT2D eigenvalue weighted by Crippen LogP contribution is -2.23. The van der Waals surface area contributed by atoms with E-state index in [0.717, 1.165) is 23.1 Å². The number of aryl methyl sites for hydroxylation is 1. The third-order valence-electron chi connectivity index (χ3n) is 4.13. The van der Waals surface area contributed by atoms with Crippen molar-refractivity contribution in [1.29, 1.82) is 0 Å². The largest absolute Gasteiger partial charge is 0.457 e. The van der Waals surface area contributed by atoms with E-state index in [0.29, 0.717) is 23.5 Å². The van der Waals surface area contributed by atoms with Crippen molar-refractivity contribution in [2.24, 2.45) is 0 Å². The highest BCUT2D eigenvalue weighted by Crippen LogP contribution is 2.22. The number of hydrogen-bond donors (Lipinski definition) is 2. The van der Waals surface area contributed by atoms with Crippen molar-refractivity contribution in [2.45, 2.75) is 13.5 Å². The molecule has 6 nitrogen and oxygen atoms in total. The van der Waals surface area contributed by atoms with Crippen LogP contribution in [-0.4, -0.2) is 20.6 Å². The van der Waals surface area contributed by atoms with Gasteiger partial charge >= 0.3 is 0 Å². The van der Waals surface area contributed by atoms with Crippen LogP contribution in [0.2, 0.25) is 0 Å². The van der Waals surface area contributed by atoms with Gasteiger partial charge in [0.15, 0.2) is 0 Å². The van der Waals surface area contributed by atoms with Crippen molar-refractivity contribution >= 4 is 21.6 Å². The number of benzene rings is 3. The molecule has 29 heavy (non-hydrogen) atoms. The van der Waals surface area contributed by atoms with Crippen LogP contribution in [-0.2, 0) is 16.6 Å². The zero-order chi connectivity index (χ0) is 20.9. The maximum Gasteiger partial charge on any atom is 0.251 e.